The second-order valence-corrected chi connectivity index (χ2v) is 4.34. The molecule has 0 amide bonds. The minimum absolute atomic E-state index is 0.305. The second-order valence-electron chi connectivity index (χ2n) is 3.48. The molecule has 0 saturated heterocycles. The molecule has 0 atom stereocenters. The van der Waals surface area contributed by atoms with Gasteiger partial charge in [-0.05, 0) is 40.5 Å². The van der Waals surface area contributed by atoms with Crippen molar-refractivity contribution in [2.45, 2.75) is 19.8 Å². The van der Waals surface area contributed by atoms with Crippen LogP contribution < -0.4 is 16.6 Å². The van der Waals surface area contributed by atoms with Gasteiger partial charge in [0.2, 0.25) is 5.96 Å². The van der Waals surface area contributed by atoms with Gasteiger partial charge in [-0.2, -0.15) is 0 Å². The molecule has 0 aromatic heterocycles. The Morgan fingerprint density at radius 2 is 2.29 bits per heavy atom. The molecule has 0 bridgehead atoms. The number of anilines is 1. The van der Waals surface area contributed by atoms with Crippen LogP contribution in [0.3, 0.4) is 0 Å². The first-order chi connectivity index (χ1) is 8.17. The number of aliphatic imine (C=N–C) groups is 1. The lowest BCUT2D eigenvalue weighted by molar-refractivity contribution is 0.621. The lowest BCUT2D eigenvalue weighted by Crippen LogP contribution is -2.36. The second kappa shape index (κ2) is 7.24. The van der Waals surface area contributed by atoms with Crippen LogP contribution in [0.2, 0.25) is 0 Å². The predicted molar refractivity (Wildman–Crippen MR) is 72.3 cm³/mol. The van der Waals surface area contributed by atoms with E-state index in [9.17, 15) is 4.39 Å². The average Bonchev–Trinajstić information content (AvgIpc) is 2.32. The maximum Gasteiger partial charge on any atom is 0.210 e. The van der Waals surface area contributed by atoms with Crippen LogP contribution in [0.15, 0.2) is 27.7 Å². The zero-order chi connectivity index (χ0) is 12.7. The Hall–Kier alpha value is -1.14. The highest BCUT2D eigenvalue weighted by molar-refractivity contribution is 9.10. The first kappa shape index (κ1) is 13.9. The molecule has 4 N–H and O–H groups in total. The molecule has 0 aliphatic heterocycles. The number of nitrogens with zero attached hydrogens (tertiary/aromatic N) is 1. The highest BCUT2D eigenvalue weighted by Crippen LogP contribution is 2.19. The number of nitrogens with two attached hydrogens (primary N) is 1. The van der Waals surface area contributed by atoms with Gasteiger partial charge in [-0.1, -0.05) is 13.3 Å². The zero-order valence-corrected chi connectivity index (χ0v) is 11.2. The largest absolute Gasteiger partial charge is 0.325 e. The van der Waals surface area contributed by atoms with Gasteiger partial charge in [0.1, 0.15) is 5.82 Å². The number of benzene rings is 1. The van der Waals surface area contributed by atoms with E-state index in [2.05, 4.69) is 38.6 Å². The average molecular weight is 303 g/mol. The third-order valence-corrected chi connectivity index (χ3v) is 2.71. The molecule has 4 nitrogen and oxygen atoms in total. The van der Waals surface area contributed by atoms with Gasteiger partial charge in [-0.15, -0.1) is 0 Å². The number of guanidine groups is 1. The molecule has 0 fully saturated rings. The number of halogens is 2. The van der Waals surface area contributed by atoms with Crippen molar-refractivity contribution in [2.75, 3.05) is 11.9 Å². The van der Waals surface area contributed by atoms with Gasteiger partial charge in [-0.3, -0.25) is 10.4 Å². The number of hydrazine groups is 1. The molecule has 1 aromatic carbocycles. The Morgan fingerprint density at radius 3 is 2.88 bits per heavy atom. The summed E-state index contributed by atoms with van der Waals surface area (Å²) >= 11 is 3.12. The molecule has 94 valence electrons. The van der Waals surface area contributed by atoms with Crippen LogP contribution in [0.1, 0.15) is 19.8 Å². The molecule has 0 unspecified atom stereocenters. The Labute approximate surface area is 109 Å². The molecule has 17 heavy (non-hydrogen) atoms. The highest BCUT2D eigenvalue weighted by Gasteiger charge is 2.02. The Bertz CT molecular complexity index is 395. The smallest absolute Gasteiger partial charge is 0.210 e. The van der Waals surface area contributed by atoms with Crippen LogP contribution in [0.5, 0.6) is 0 Å². The Morgan fingerprint density at radius 1 is 1.53 bits per heavy atom. The van der Waals surface area contributed by atoms with Crippen molar-refractivity contribution in [3.8, 4) is 0 Å². The molecule has 1 aromatic rings. The fraction of sp³-hybridized carbons (Fsp3) is 0.364. The first-order valence-electron chi connectivity index (χ1n) is 5.40. The monoisotopic (exact) mass is 302 g/mol. The summed E-state index contributed by atoms with van der Waals surface area (Å²) in [7, 11) is 0. The van der Waals surface area contributed by atoms with Crippen molar-refractivity contribution in [3.63, 3.8) is 0 Å². The Kier molecular flexibility index (Phi) is 5.93. The van der Waals surface area contributed by atoms with E-state index in [1.54, 1.807) is 12.1 Å². The van der Waals surface area contributed by atoms with Gasteiger partial charge in [0.15, 0.2) is 0 Å². The van der Waals surface area contributed by atoms with Crippen molar-refractivity contribution in [3.05, 3.63) is 28.5 Å². The Balaban J connectivity index is 2.67. The van der Waals surface area contributed by atoms with Gasteiger partial charge in [0.25, 0.3) is 0 Å². The number of rotatable bonds is 4. The van der Waals surface area contributed by atoms with Gasteiger partial charge >= 0.3 is 0 Å². The minimum Gasteiger partial charge on any atom is -0.325 e. The van der Waals surface area contributed by atoms with Gasteiger partial charge in [-0.25, -0.2) is 10.2 Å². The predicted octanol–water partition coefficient (Wildman–Crippen LogP) is 2.62. The molecule has 0 spiro atoms. The highest BCUT2D eigenvalue weighted by atomic mass is 79.9. The van der Waals surface area contributed by atoms with Gasteiger partial charge in [0.05, 0.1) is 4.47 Å². The summed E-state index contributed by atoms with van der Waals surface area (Å²) in [6, 6.07) is 4.61. The summed E-state index contributed by atoms with van der Waals surface area (Å²) in [5, 5.41) is 2.97. The quantitative estimate of drug-likeness (QED) is 0.263. The number of hydrogen-bond donors (Lipinski definition) is 3. The summed E-state index contributed by atoms with van der Waals surface area (Å²) in [4.78, 5) is 4.24. The van der Waals surface area contributed by atoms with Crippen molar-refractivity contribution in [2.24, 2.45) is 10.8 Å². The van der Waals surface area contributed by atoms with E-state index in [1.807, 2.05) is 0 Å². The fourth-order valence-electron chi connectivity index (χ4n) is 1.18. The van der Waals surface area contributed by atoms with Crippen molar-refractivity contribution < 1.29 is 4.39 Å². The third kappa shape index (κ3) is 4.70. The van der Waals surface area contributed by atoms with Crippen LogP contribution in [0.4, 0.5) is 10.1 Å². The number of hydrogen-bond acceptors (Lipinski definition) is 2. The van der Waals surface area contributed by atoms with E-state index in [-0.39, 0.29) is 5.82 Å². The van der Waals surface area contributed by atoms with E-state index in [4.69, 9.17) is 5.84 Å². The van der Waals surface area contributed by atoms with Crippen LogP contribution >= 0.6 is 15.9 Å². The maximum absolute atomic E-state index is 13.0. The topological polar surface area (TPSA) is 62.4 Å². The molecule has 0 heterocycles. The SMILES string of the molecule is CCCCN=C(NN)Nc1ccc(F)c(Br)c1. The zero-order valence-electron chi connectivity index (χ0n) is 9.63. The molecule has 0 radical (unpaired) electrons. The van der Waals surface area contributed by atoms with E-state index in [0.29, 0.717) is 22.7 Å². The standard InChI is InChI=1S/C11H16BrFN4/c1-2-3-6-15-11(17-14)16-8-4-5-10(13)9(12)7-8/h4-5,7H,2-3,6,14H2,1H3,(H2,15,16,17). The van der Waals surface area contributed by atoms with Crippen LogP contribution in [-0.2, 0) is 0 Å². The molecule has 0 aliphatic rings. The molecule has 0 aliphatic carbocycles. The molecular formula is C11H16BrFN4. The van der Waals surface area contributed by atoms with Crippen LogP contribution in [-0.4, -0.2) is 12.5 Å². The van der Waals surface area contributed by atoms with E-state index >= 15 is 0 Å². The van der Waals surface area contributed by atoms with E-state index in [1.165, 1.54) is 6.07 Å². The van der Waals surface area contributed by atoms with Gasteiger partial charge in [0, 0.05) is 12.2 Å². The molecule has 0 saturated carbocycles. The van der Waals surface area contributed by atoms with E-state index in [0.717, 1.165) is 12.8 Å². The summed E-state index contributed by atoms with van der Waals surface area (Å²) in [6.45, 7) is 2.79. The first-order valence-corrected chi connectivity index (χ1v) is 6.19. The third-order valence-electron chi connectivity index (χ3n) is 2.10. The van der Waals surface area contributed by atoms with Gasteiger partial charge < -0.3 is 5.32 Å². The minimum atomic E-state index is -0.305. The lowest BCUT2D eigenvalue weighted by Gasteiger charge is -2.09. The summed E-state index contributed by atoms with van der Waals surface area (Å²) in [6.07, 6.45) is 2.07. The normalized spacial score (nSPS) is 11.4. The fourth-order valence-corrected chi connectivity index (χ4v) is 1.56. The summed E-state index contributed by atoms with van der Waals surface area (Å²) in [5.74, 6) is 5.51. The number of unbranched alkanes of at least 4 members (excludes halogenated alkanes) is 1. The molecular weight excluding hydrogens is 287 g/mol. The van der Waals surface area contributed by atoms with Crippen molar-refractivity contribution in [1.29, 1.82) is 0 Å². The maximum atomic E-state index is 13.0. The number of nitrogens with one attached hydrogen (secondary N) is 2. The van der Waals surface area contributed by atoms with E-state index < -0.39 is 0 Å². The lowest BCUT2D eigenvalue weighted by atomic mass is 10.3. The van der Waals surface area contributed by atoms with Crippen LogP contribution in [0.25, 0.3) is 0 Å². The van der Waals surface area contributed by atoms with Crippen molar-refractivity contribution in [1.82, 2.24) is 5.43 Å². The molecule has 6 heteroatoms. The molecule has 1 rings (SSSR count). The van der Waals surface area contributed by atoms with Crippen LogP contribution in [0, 0.1) is 5.82 Å². The summed E-state index contributed by atoms with van der Waals surface area (Å²) < 4.78 is 13.4. The van der Waals surface area contributed by atoms with Crippen molar-refractivity contribution >= 4 is 27.6 Å². The summed E-state index contributed by atoms with van der Waals surface area (Å²) in [5.41, 5.74) is 3.19.